The number of thioether (sulfide) groups is 1. The molecule has 0 spiro atoms. The number of aliphatic hydroxyl groups excluding tert-OH is 3. The van der Waals surface area contributed by atoms with E-state index in [4.69, 9.17) is 10.3 Å². The average molecular weight is 394 g/mol. The van der Waals surface area contributed by atoms with Crippen LogP contribution in [0.4, 0.5) is 4.39 Å². The smallest absolute Gasteiger partial charge is 0.136 e. The Kier molecular flexibility index (Phi) is 6.04. The molecule has 1 heterocycles. The van der Waals surface area contributed by atoms with Gasteiger partial charge in [0.15, 0.2) is 0 Å². The van der Waals surface area contributed by atoms with Gasteiger partial charge in [0.05, 0.1) is 18.8 Å². The molecule has 120 valence electrons. The van der Waals surface area contributed by atoms with E-state index in [0.29, 0.717) is 4.47 Å². The summed E-state index contributed by atoms with van der Waals surface area (Å²) in [6.45, 7) is -0.524. The normalized spacial score (nSPS) is 31.6. The number of rotatable bonds is 4. The van der Waals surface area contributed by atoms with Crippen LogP contribution in [0.15, 0.2) is 32.7 Å². The Bertz CT molecular complexity index is 589. The Morgan fingerprint density at radius 1 is 1.41 bits per heavy atom. The second-order valence-corrected chi connectivity index (χ2v) is 6.65. The predicted octanol–water partition coefficient (Wildman–Crippen LogP) is 1.80. The van der Waals surface area contributed by atoms with Gasteiger partial charge in [-0.3, -0.25) is 0 Å². The summed E-state index contributed by atoms with van der Waals surface area (Å²) in [5, 5.41) is 32.7. The summed E-state index contributed by atoms with van der Waals surface area (Å²) in [6.07, 6.45) is -3.73. The molecular weight excluding hydrogens is 381 g/mol. The Balaban J connectivity index is 2.25. The molecule has 3 N–H and O–H groups in total. The van der Waals surface area contributed by atoms with Crippen molar-refractivity contribution < 1.29 is 24.4 Å². The van der Waals surface area contributed by atoms with Crippen molar-refractivity contribution in [2.24, 2.45) is 5.11 Å². The average Bonchev–Trinajstić information content (AvgIpc) is 2.50. The monoisotopic (exact) mass is 393 g/mol. The van der Waals surface area contributed by atoms with Gasteiger partial charge >= 0.3 is 0 Å². The van der Waals surface area contributed by atoms with Crippen molar-refractivity contribution in [3.05, 3.63) is 38.9 Å². The third kappa shape index (κ3) is 3.72. The number of hydrogen-bond donors (Lipinski definition) is 3. The number of nitrogens with zero attached hydrogens (tertiary/aromatic N) is 3. The minimum absolute atomic E-state index is 0.214. The number of azide groups is 1. The second kappa shape index (κ2) is 7.60. The zero-order chi connectivity index (χ0) is 16.3. The summed E-state index contributed by atoms with van der Waals surface area (Å²) in [7, 11) is 0. The van der Waals surface area contributed by atoms with Crippen LogP contribution < -0.4 is 0 Å². The van der Waals surface area contributed by atoms with E-state index < -0.39 is 42.2 Å². The van der Waals surface area contributed by atoms with Gasteiger partial charge in [0, 0.05) is 14.3 Å². The highest BCUT2D eigenvalue weighted by molar-refractivity contribution is 9.10. The molecule has 7 nitrogen and oxygen atoms in total. The van der Waals surface area contributed by atoms with Gasteiger partial charge in [0.25, 0.3) is 0 Å². The van der Waals surface area contributed by atoms with E-state index in [-0.39, 0.29) is 4.90 Å². The van der Waals surface area contributed by atoms with Gasteiger partial charge in [-0.25, -0.2) is 4.39 Å². The first kappa shape index (κ1) is 17.5. The van der Waals surface area contributed by atoms with E-state index >= 15 is 0 Å². The molecule has 0 radical (unpaired) electrons. The first-order valence-electron chi connectivity index (χ1n) is 6.26. The molecule has 0 amide bonds. The van der Waals surface area contributed by atoms with Crippen LogP contribution in [0.25, 0.3) is 10.4 Å². The van der Waals surface area contributed by atoms with E-state index in [9.17, 15) is 19.7 Å². The first-order valence-corrected chi connectivity index (χ1v) is 7.93. The van der Waals surface area contributed by atoms with E-state index in [1.54, 1.807) is 0 Å². The second-order valence-electron chi connectivity index (χ2n) is 4.59. The van der Waals surface area contributed by atoms with Crippen molar-refractivity contribution in [1.29, 1.82) is 0 Å². The maximum atomic E-state index is 13.8. The van der Waals surface area contributed by atoms with Crippen LogP contribution in [0.2, 0.25) is 0 Å². The lowest BCUT2D eigenvalue weighted by atomic mass is 9.98. The number of halogens is 2. The summed E-state index contributed by atoms with van der Waals surface area (Å²) in [6, 6.07) is 3.10. The van der Waals surface area contributed by atoms with Crippen molar-refractivity contribution in [3.8, 4) is 0 Å². The van der Waals surface area contributed by atoms with Gasteiger partial charge in [0.1, 0.15) is 23.5 Å². The number of benzene rings is 1. The standard InChI is InChI=1S/C12H13BrFN3O4S/c13-5-1-2-6(14)8(3-5)22-12-11(20)9(16-17-15)10(19)7(4-18)21-12/h1-3,7,9-12,18-20H,4H2/t7-,9+,10+,11-,12-/m1/s1. The van der Waals surface area contributed by atoms with Crippen LogP contribution in [0.1, 0.15) is 0 Å². The highest BCUT2D eigenvalue weighted by Crippen LogP contribution is 2.36. The minimum Gasteiger partial charge on any atom is -0.394 e. The number of ether oxygens (including phenoxy) is 1. The number of aliphatic hydroxyl groups is 3. The summed E-state index contributed by atoms with van der Waals surface area (Å²) in [4.78, 5) is 2.79. The minimum atomic E-state index is -1.35. The van der Waals surface area contributed by atoms with E-state index in [2.05, 4.69) is 26.0 Å². The molecule has 0 aromatic heterocycles. The molecule has 0 unspecified atom stereocenters. The van der Waals surface area contributed by atoms with Gasteiger partial charge in [-0.2, -0.15) is 0 Å². The molecule has 1 aliphatic heterocycles. The molecule has 1 saturated heterocycles. The number of hydrogen-bond acceptors (Lipinski definition) is 6. The summed E-state index contributed by atoms with van der Waals surface area (Å²) >= 11 is 4.10. The Morgan fingerprint density at radius 3 is 2.77 bits per heavy atom. The summed E-state index contributed by atoms with van der Waals surface area (Å²) in [5.74, 6) is -0.504. The summed E-state index contributed by atoms with van der Waals surface area (Å²) in [5.41, 5.74) is 7.53. The molecule has 5 atom stereocenters. The molecule has 1 aromatic rings. The van der Waals surface area contributed by atoms with Crippen molar-refractivity contribution >= 4 is 27.7 Å². The SMILES string of the molecule is [N-]=[N+]=N[C@@H]1[C@@H](O)[C@@H](Sc2cc(Br)ccc2F)O[C@H](CO)[C@@H]1O. The molecule has 22 heavy (non-hydrogen) atoms. The molecule has 1 aliphatic rings. The maximum Gasteiger partial charge on any atom is 0.136 e. The van der Waals surface area contributed by atoms with E-state index in [0.717, 1.165) is 11.8 Å². The van der Waals surface area contributed by atoms with Crippen LogP contribution in [-0.2, 0) is 4.74 Å². The van der Waals surface area contributed by atoms with Crippen LogP contribution >= 0.6 is 27.7 Å². The van der Waals surface area contributed by atoms with Gasteiger partial charge in [0.2, 0.25) is 0 Å². The Morgan fingerprint density at radius 2 is 2.14 bits per heavy atom. The molecule has 0 aliphatic carbocycles. The van der Waals surface area contributed by atoms with Gasteiger partial charge in [-0.05, 0) is 23.7 Å². The quantitative estimate of drug-likeness (QED) is 0.409. The van der Waals surface area contributed by atoms with Crippen LogP contribution in [0.5, 0.6) is 0 Å². The van der Waals surface area contributed by atoms with E-state index in [1.807, 2.05) is 0 Å². The highest BCUT2D eigenvalue weighted by atomic mass is 79.9. The fraction of sp³-hybridized carbons (Fsp3) is 0.500. The predicted molar refractivity (Wildman–Crippen MR) is 80.7 cm³/mol. The molecule has 1 aromatic carbocycles. The van der Waals surface area contributed by atoms with Crippen molar-refractivity contribution in [1.82, 2.24) is 0 Å². The lowest BCUT2D eigenvalue weighted by Gasteiger charge is -2.40. The van der Waals surface area contributed by atoms with Crippen molar-refractivity contribution in [3.63, 3.8) is 0 Å². The largest absolute Gasteiger partial charge is 0.394 e. The zero-order valence-corrected chi connectivity index (χ0v) is 13.5. The van der Waals surface area contributed by atoms with Crippen LogP contribution in [-0.4, -0.2) is 51.7 Å². The van der Waals surface area contributed by atoms with Gasteiger partial charge < -0.3 is 20.1 Å². The lowest BCUT2D eigenvalue weighted by Crippen LogP contribution is -2.56. The van der Waals surface area contributed by atoms with Crippen LogP contribution in [0.3, 0.4) is 0 Å². The van der Waals surface area contributed by atoms with Gasteiger partial charge in [-0.15, -0.1) is 0 Å². The third-order valence-corrected chi connectivity index (χ3v) is 4.85. The maximum absolute atomic E-state index is 13.8. The fourth-order valence-electron chi connectivity index (χ4n) is 2.05. The van der Waals surface area contributed by atoms with Gasteiger partial charge in [-0.1, -0.05) is 32.8 Å². The zero-order valence-electron chi connectivity index (χ0n) is 11.1. The molecule has 0 bridgehead atoms. The molecule has 10 heteroatoms. The Labute approximate surface area is 137 Å². The van der Waals surface area contributed by atoms with Crippen molar-refractivity contribution in [2.75, 3.05) is 6.61 Å². The summed E-state index contributed by atoms with van der Waals surface area (Å²) < 4.78 is 19.8. The van der Waals surface area contributed by atoms with Crippen molar-refractivity contribution in [2.45, 2.75) is 34.7 Å². The molecule has 1 fully saturated rings. The first-order chi connectivity index (χ1) is 10.5. The molecule has 0 saturated carbocycles. The van der Waals surface area contributed by atoms with Crippen LogP contribution in [0, 0.1) is 5.82 Å². The highest BCUT2D eigenvalue weighted by Gasteiger charge is 2.44. The third-order valence-electron chi connectivity index (χ3n) is 3.17. The topological polar surface area (TPSA) is 119 Å². The Hall–Kier alpha value is -0.870. The lowest BCUT2D eigenvalue weighted by molar-refractivity contribution is -0.159. The fourth-order valence-corrected chi connectivity index (χ4v) is 3.69. The molecule has 2 rings (SSSR count). The van der Waals surface area contributed by atoms with E-state index in [1.165, 1.54) is 18.2 Å². The molecular formula is C12H13BrFN3O4S.